The Kier molecular flexibility index (Phi) is 4.87. The van der Waals surface area contributed by atoms with Crippen molar-refractivity contribution in [3.8, 4) is 0 Å². The highest BCUT2D eigenvalue weighted by Gasteiger charge is 2.15. The van der Waals surface area contributed by atoms with Gasteiger partial charge >= 0.3 is 0 Å². The van der Waals surface area contributed by atoms with Crippen LogP contribution in [-0.2, 0) is 13.0 Å². The normalized spacial score (nSPS) is 10.9. The van der Waals surface area contributed by atoms with Gasteiger partial charge in [-0.1, -0.05) is 24.3 Å². The molecule has 2 aromatic carbocycles. The summed E-state index contributed by atoms with van der Waals surface area (Å²) in [5.41, 5.74) is 9.80. The van der Waals surface area contributed by atoms with E-state index >= 15 is 0 Å². The predicted molar refractivity (Wildman–Crippen MR) is 114 cm³/mol. The molecule has 29 heavy (non-hydrogen) atoms. The van der Waals surface area contributed by atoms with Crippen molar-refractivity contribution >= 4 is 28.6 Å². The van der Waals surface area contributed by atoms with Crippen LogP contribution in [0.3, 0.4) is 0 Å². The molecule has 0 saturated heterocycles. The molecule has 7 nitrogen and oxygen atoms in total. The van der Waals surface area contributed by atoms with E-state index in [1.165, 1.54) is 6.07 Å². The number of pyridine rings is 1. The summed E-state index contributed by atoms with van der Waals surface area (Å²) in [6.45, 7) is 0.584. The zero-order valence-electron chi connectivity index (χ0n) is 16.0. The number of carbonyl (C=O) groups is 1. The number of nitrogens with zero attached hydrogens (tertiary/aromatic N) is 3. The molecule has 0 atom stereocenters. The van der Waals surface area contributed by atoms with E-state index < -0.39 is 0 Å². The van der Waals surface area contributed by atoms with Crippen LogP contribution in [0.1, 0.15) is 16.1 Å². The van der Waals surface area contributed by atoms with E-state index in [1.54, 1.807) is 30.1 Å². The lowest BCUT2D eigenvalue weighted by Crippen LogP contribution is -2.26. The average molecular weight is 387 g/mol. The molecule has 0 saturated carbocycles. The molecule has 0 unspecified atom stereocenters. The molecule has 2 aromatic heterocycles. The van der Waals surface area contributed by atoms with E-state index in [9.17, 15) is 9.59 Å². The fourth-order valence-electron chi connectivity index (χ4n) is 3.34. The van der Waals surface area contributed by atoms with Crippen molar-refractivity contribution < 1.29 is 4.79 Å². The highest BCUT2D eigenvalue weighted by atomic mass is 16.2. The van der Waals surface area contributed by atoms with Crippen molar-refractivity contribution in [3.63, 3.8) is 0 Å². The standard InChI is InChI=1S/C22H21N5O2/c1-26(21(29)15-6-3-2-4-7-15)17-10-11-19-18(14-17)25-22(23)27(19)13-12-16-8-5-9-20(28)24-16/h2-11,14H,12-13H2,1H3,(H2,23,25)(H,24,28). The van der Waals surface area contributed by atoms with Crippen LogP contribution >= 0.6 is 0 Å². The van der Waals surface area contributed by atoms with E-state index in [4.69, 9.17) is 5.73 Å². The second kappa shape index (κ2) is 7.63. The molecule has 0 aliphatic carbocycles. The van der Waals surface area contributed by atoms with Crippen molar-refractivity contribution in [3.05, 3.63) is 88.3 Å². The number of amides is 1. The number of aromatic nitrogens is 3. The highest BCUT2D eigenvalue weighted by molar-refractivity contribution is 6.06. The Balaban J connectivity index is 1.59. The summed E-state index contributed by atoms with van der Waals surface area (Å²) in [5, 5.41) is 0. The van der Waals surface area contributed by atoms with Crippen LogP contribution in [-0.4, -0.2) is 27.5 Å². The van der Waals surface area contributed by atoms with Gasteiger partial charge in [0.1, 0.15) is 0 Å². The summed E-state index contributed by atoms with van der Waals surface area (Å²) in [6.07, 6.45) is 0.625. The minimum absolute atomic E-state index is 0.0922. The lowest BCUT2D eigenvalue weighted by Gasteiger charge is -2.17. The van der Waals surface area contributed by atoms with E-state index in [0.717, 1.165) is 16.9 Å². The molecule has 146 valence electrons. The molecule has 0 bridgehead atoms. The molecule has 3 N–H and O–H groups in total. The van der Waals surface area contributed by atoms with Gasteiger partial charge in [0.2, 0.25) is 11.5 Å². The van der Waals surface area contributed by atoms with Gasteiger partial charge in [0.05, 0.1) is 11.0 Å². The Morgan fingerprint density at radius 3 is 2.66 bits per heavy atom. The number of rotatable bonds is 5. The van der Waals surface area contributed by atoms with E-state index in [1.807, 2.05) is 47.0 Å². The van der Waals surface area contributed by atoms with Gasteiger partial charge in [0, 0.05) is 43.0 Å². The first-order chi connectivity index (χ1) is 14.0. The monoisotopic (exact) mass is 387 g/mol. The minimum Gasteiger partial charge on any atom is -0.369 e. The summed E-state index contributed by atoms with van der Waals surface area (Å²) in [6, 6.07) is 19.9. The fourth-order valence-corrected chi connectivity index (χ4v) is 3.34. The largest absolute Gasteiger partial charge is 0.369 e. The first-order valence-corrected chi connectivity index (χ1v) is 9.30. The van der Waals surface area contributed by atoms with Gasteiger partial charge in [0.25, 0.3) is 5.91 Å². The van der Waals surface area contributed by atoms with Crippen molar-refractivity contribution in [2.75, 3.05) is 17.7 Å². The fraction of sp³-hybridized carbons (Fsp3) is 0.136. The third-order valence-electron chi connectivity index (χ3n) is 4.91. The van der Waals surface area contributed by atoms with Crippen LogP contribution in [0.5, 0.6) is 0 Å². The molecule has 0 fully saturated rings. The van der Waals surface area contributed by atoms with Crippen molar-refractivity contribution in [2.45, 2.75) is 13.0 Å². The molecule has 7 heteroatoms. The lowest BCUT2D eigenvalue weighted by atomic mass is 10.2. The number of H-pyrrole nitrogens is 1. The minimum atomic E-state index is -0.123. The maximum Gasteiger partial charge on any atom is 0.258 e. The van der Waals surface area contributed by atoms with Crippen LogP contribution < -0.4 is 16.2 Å². The van der Waals surface area contributed by atoms with E-state index in [0.29, 0.717) is 30.0 Å². The Morgan fingerprint density at radius 2 is 1.90 bits per heavy atom. The Bertz CT molecular complexity index is 1230. The van der Waals surface area contributed by atoms with Crippen molar-refractivity contribution in [2.24, 2.45) is 0 Å². The molecule has 0 aliphatic rings. The number of aromatic amines is 1. The van der Waals surface area contributed by atoms with Gasteiger partial charge in [-0.25, -0.2) is 4.98 Å². The lowest BCUT2D eigenvalue weighted by molar-refractivity contribution is 0.0993. The molecule has 0 aliphatic heterocycles. The van der Waals surface area contributed by atoms with Gasteiger partial charge in [0.15, 0.2) is 0 Å². The number of carbonyl (C=O) groups excluding carboxylic acids is 1. The van der Waals surface area contributed by atoms with Crippen LogP contribution in [0.2, 0.25) is 0 Å². The number of benzene rings is 2. The Morgan fingerprint density at radius 1 is 1.10 bits per heavy atom. The molecular formula is C22H21N5O2. The number of fused-ring (bicyclic) bond motifs is 1. The van der Waals surface area contributed by atoms with Crippen LogP contribution in [0.15, 0.2) is 71.5 Å². The molecule has 0 spiro atoms. The third kappa shape index (κ3) is 3.75. The number of nitrogens with two attached hydrogens (primary N) is 1. The number of imidazole rings is 1. The van der Waals surface area contributed by atoms with E-state index in [2.05, 4.69) is 9.97 Å². The molecule has 4 rings (SSSR count). The molecule has 0 radical (unpaired) electrons. The first kappa shape index (κ1) is 18.5. The van der Waals surface area contributed by atoms with Crippen LogP contribution in [0.25, 0.3) is 11.0 Å². The summed E-state index contributed by atoms with van der Waals surface area (Å²) in [5.74, 6) is 0.304. The second-order valence-corrected chi connectivity index (χ2v) is 6.82. The van der Waals surface area contributed by atoms with Gasteiger partial charge < -0.3 is 20.2 Å². The average Bonchev–Trinajstić information content (AvgIpc) is 3.06. The van der Waals surface area contributed by atoms with Crippen molar-refractivity contribution in [1.29, 1.82) is 0 Å². The highest BCUT2D eigenvalue weighted by Crippen LogP contribution is 2.24. The van der Waals surface area contributed by atoms with Gasteiger partial charge in [-0.2, -0.15) is 0 Å². The maximum atomic E-state index is 12.7. The number of nitrogens with one attached hydrogen (secondary N) is 1. The number of nitrogen functional groups attached to an aromatic ring is 1. The van der Waals surface area contributed by atoms with Crippen LogP contribution in [0, 0.1) is 0 Å². The summed E-state index contributed by atoms with van der Waals surface area (Å²) < 4.78 is 1.91. The van der Waals surface area contributed by atoms with Crippen molar-refractivity contribution in [1.82, 2.24) is 14.5 Å². The molecular weight excluding hydrogens is 366 g/mol. The Labute approximate surface area is 167 Å². The molecule has 1 amide bonds. The quantitative estimate of drug-likeness (QED) is 0.550. The predicted octanol–water partition coefficient (Wildman–Crippen LogP) is 2.83. The Hall–Kier alpha value is -3.87. The maximum absolute atomic E-state index is 12.7. The number of anilines is 2. The van der Waals surface area contributed by atoms with Gasteiger partial charge in [-0.15, -0.1) is 0 Å². The SMILES string of the molecule is CN(C(=O)c1ccccc1)c1ccc2c(c1)nc(N)n2CCc1cccc(=O)[nH]1. The second-order valence-electron chi connectivity index (χ2n) is 6.82. The molecule has 2 heterocycles. The van der Waals surface area contributed by atoms with Crippen LogP contribution in [0.4, 0.5) is 11.6 Å². The first-order valence-electron chi connectivity index (χ1n) is 9.30. The zero-order valence-corrected chi connectivity index (χ0v) is 16.0. The topological polar surface area (TPSA) is 97.0 Å². The van der Waals surface area contributed by atoms with E-state index in [-0.39, 0.29) is 11.5 Å². The summed E-state index contributed by atoms with van der Waals surface area (Å²) in [4.78, 5) is 33.0. The number of hydrogen-bond acceptors (Lipinski definition) is 4. The summed E-state index contributed by atoms with van der Waals surface area (Å²) in [7, 11) is 1.74. The van der Waals surface area contributed by atoms with Gasteiger partial charge in [-0.3, -0.25) is 9.59 Å². The summed E-state index contributed by atoms with van der Waals surface area (Å²) >= 11 is 0. The smallest absolute Gasteiger partial charge is 0.258 e. The van der Waals surface area contributed by atoms with Gasteiger partial charge in [-0.05, 0) is 36.4 Å². The molecule has 4 aromatic rings. The zero-order chi connectivity index (χ0) is 20.4. The number of hydrogen-bond donors (Lipinski definition) is 2. The number of aryl methyl sites for hydroxylation is 2. The third-order valence-corrected chi connectivity index (χ3v) is 4.91.